The van der Waals surface area contributed by atoms with Gasteiger partial charge in [0.25, 0.3) is 11.8 Å². The highest BCUT2D eigenvalue weighted by molar-refractivity contribution is 6.31. The van der Waals surface area contributed by atoms with Crippen LogP contribution in [0.2, 0.25) is 5.02 Å². The number of benzene rings is 1. The SMILES string of the molecule is CC[C@@H](NC(=O)c1cc(C(=O)N[C@H](C)c2cnccn2)c2n1CCOC2)c1ccc(F)cc1Cl. The molecule has 1 aliphatic heterocycles. The zero-order chi connectivity index (χ0) is 24.2. The third kappa shape index (κ3) is 4.95. The van der Waals surface area contributed by atoms with E-state index in [1.165, 1.54) is 12.1 Å². The first kappa shape index (κ1) is 23.8. The van der Waals surface area contributed by atoms with E-state index in [1.807, 2.05) is 13.8 Å². The maximum Gasteiger partial charge on any atom is 0.268 e. The molecule has 3 heterocycles. The Morgan fingerprint density at radius 3 is 2.76 bits per heavy atom. The van der Waals surface area contributed by atoms with Crippen molar-refractivity contribution in [3.05, 3.63) is 81.9 Å². The average Bonchev–Trinajstić information content (AvgIpc) is 3.23. The fourth-order valence-electron chi connectivity index (χ4n) is 4.01. The molecule has 2 amide bonds. The number of amides is 2. The van der Waals surface area contributed by atoms with E-state index in [1.54, 1.807) is 35.3 Å². The maximum absolute atomic E-state index is 13.5. The van der Waals surface area contributed by atoms with Crippen molar-refractivity contribution in [3.8, 4) is 0 Å². The summed E-state index contributed by atoms with van der Waals surface area (Å²) in [5, 5.41) is 6.13. The zero-order valence-electron chi connectivity index (χ0n) is 18.8. The van der Waals surface area contributed by atoms with Crippen molar-refractivity contribution in [2.45, 2.75) is 45.5 Å². The summed E-state index contributed by atoms with van der Waals surface area (Å²) in [4.78, 5) is 34.6. The third-order valence-electron chi connectivity index (χ3n) is 5.81. The molecule has 10 heteroatoms. The average molecular weight is 486 g/mol. The lowest BCUT2D eigenvalue weighted by Gasteiger charge is -2.22. The van der Waals surface area contributed by atoms with Crippen molar-refractivity contribution >= 4 is 23.4 Å². The summed E-state index contributed by atoms with van der Waals surface area (Å²) in [5.74, 6) is -1.13. The van der Waals surface area contributed by atoms with Gasteiger partial charge in [-0.3, -0.25) is 19.6 Å². The first-order chi connectivity index (χ1) is 16.4. The molecule has 178 valence electrons. The van der Waals surface area contributed by atoms with Crippen LogP contribution in [-0.2, 0) is 17.9 Å². The summed E-state index contributed by atoms with van der Waals surface area (Å²) < 4.78 is 20.8. The second-order valence-electron chi connectivity index (χ2n) is 8.02. The van der Waals surface area contributed by atoms with Crippen LogP contribution in [0.1, 0.15) is 70.1 Å². The zero-order valence-corrected chi connectivity index (χ0v) is 19.6. The van der Waals surface area contributed by atoms with Crippen LogP contribution in [0.25, 0.3) is 0 Å². The molecule has 34 heavy (non-hydrogen) atoms. The number of aromatic nitrogens is 3. The Labute approximate surface area is 201 Å². The molecule has 8 nitrogen and oxygen atoms in total. The van der Waals surface area contributed by atoms with Gasteiger partial charge in [-0.05, 0) is 37.1 Å². The van der Waals surface area contributed by atoms with Crippen LogP contribution in [0.5, 0.6) is 0 Å². The first-order valence-electron chi connectivity index (χ1n) is 11.0. The Bertz CT molecular complexity index is 1200. The molecule has 0 spiro atoms. The molecule has 0 radical (unpaired) electrons. The van der Waals surface area contributed by atoms with E-state index >= 15 is 0 Å². The lowest BCUT2D eigenvalue weighted by Crippen LogP contribution is -2.31. The molecule has 0 fully saturated rings. The highest BCUT2D eigenvalue weighted by atomic mass is 35.5. The van der Waals surface area contributed by atoms with Crippen LogP contribution in [0, 0.1) is 5.82 Å². The van der Waals surface area contributed by atoms with Gasteiger partial charge >= 0.3 is 0 Å². The third-order valence-corrected chi connectivity index (χ3v) is 6.14. The summed E-state index contributed by atoms with van der Waals surface area (Å²) in [6, 6.07) is 4.90. The maximum atomic E-state index is 13.5. The van der Waals surface area contributed by atoms with Gasteiger partial charge in [0.15, 0.2) is 0 Å². The van der Waals surface area contributed by atoms with Gasteiger partial charge in [0.05, 0.1) is 48.4 Å². The van der Waals surface area contributed by atoms with Gasteiger partial charge in [-0.25, -0.2) is 4.39 Å². The van der Waals surface area contributed by atoms with Gasteiger partial charge in [0.1, 0.15) is 11.5 Å². The van der Waals surface area contributed by atoms with E-state index in [0.717, 1.165) is 0 Å². The van der Waals surface area contributed by atoms with E-state index in [-0.39, 0.29) is 29.5 Å². The van der Waals surface area contributed by atoms with E-state index in [9.17, 15) is 14.0 Å². The Hall–Kier alpha value is -3.30. The van der Waals surface area contributed by atoms with Crippen LogP contribution >= 0.6 is 11.6 Å². The second-order valence-corrected chi connectivity index (χ2v) is 8.43. The summed E-state index contributed by atoms with van der Waals surface area (Å²) >= 11 is 6.22. The predicted molar refractivity (Wildman–Crippen MR) is 124 cm³/mol. The minimum Gasteiger partial charge on any atom is -0.373 e. The number of carbonyl (C=O) groups is 2. The lowest BCUT2D eigenvalue weighted by atomic mass is 10.0. The lowest BCUT2D eigenvalue weighted by molar-refractivity contribution is 0.0774. The van der Waals surface area contributed by atoms with Crippen LogP contribution in [0.15, 0.2) is 42.9 Å². The number of carbonyl (C=O) groups excluding carboxylic acids is 2. The normalized spacial score (nSPS) is 14.7. The minimum atomic E-state index is -0.443. The van der Waals surface area contributed by atoms with Gasteiger partial charge in [-0.2, -0.15) is 0 Å². The Morgan fingerprint density at radius 2 is 2.06 bits per heavy atom. The summed E-state index contributed by atoms with van der Waals surface area (Å²) in [7, 11) is 0. The number of nitrogens with zero attached hydrogens (tertiary/aromatic N) is 3. The van der Waals surface area contributed by atoms with Crippen molar-refractivity contribution in [1.29, 1.82) is 0 Å². The number of hydrogen-bond acceptors (Lipinski definition) is 5. The molecule has 1 aliphatic rings. The van der Waals surface area contributed by atoms with Crippen molar-refractivity contribution in [3.63, 3.8) is 0 Å². The summed E-state index contributed by atoms with van der Waals surface area (Å²) in [5.41, 5.74) is 2.61. The van der Waals surface area contributed by atoms with Crippen molar-refractivity contribution in [2.24, 2.45) is 0 Å². The monoisotopic (exact) mass is 485 g/mol. The molecule has 1 aromatic carbocycles. The number of ether oxygens (including phenoxy) is 1. The van der Waals surface area contributed by atoms with E-state index in [4.69, 9.17) is 16.3 Å². The van der Waals surface area contributed by atoms with E-state index < -0.39 is 11.9 Å². The largest absolute Gasteiger partial charge is 0.373 e. The van der Waals surface area contributed by atoms with E-state index in [0.29, 0.717) is 47.8 Å². The van der Waals surface area contributed by atoms with Crippen LogP contribution in [-0.4, -0.2) is 33.0 Å². The molecular weight excluding hydrogens is 461 g/mol. The fourth-order valence-corrected chi connectivity index (χ4v) is 4.31. The summed E-state index contributed by atoms with van der Waals surface area (Å²) in [6.07, 6.45) is 5.27. The summed E-state index contributed by atoms with van der Waals surface area (Å²) in [6.45, 7) is 4.81. The standard InChI is InChI=1S/C24H25ClFN5O3/c1-3-19(16-5-4-15(26)10-18(16)25)30-24(33)21-11-17(22-13-34-9-8-31(21)22)23(32)29-14(2)20-12-27-6-7-28-20/h4-7,10-12,14,19H,3,8-9,13H2,1-2H3,(H,29,32)(H,30,33)/t14-,19-/m1/s1. The first-order valence-corrected chi connectivity index (χ1v) is 11.4. The predicted octanol–water partition coefficient (Wildman–Crippen LogP) is 3.97. The fraction of sp³-hybridized carbons (Fsp3) is 0.333. The van der Waals surface area contributed by atoms with Crippen molar-refractivity contribution < 1.29 is 18.7 Å². The molecule has 0 bridgehead atoms. The molecule has 2 aromatic heterocycles. The highest BCUT2D eigenvalue weighted by Crippen LogP contribution is 2.27. The topological polar surface area (TPSA) is 98.1 Å². The number of halogens is 2. The van der Waals surface area contributed by atoms with Gasteiger partial charge in [-0.1, -0.05) is 24.6 Å². The molecular formula is C24H25ClFN5O3. The number of hydrogen-bond donors (Lipinski definition) is 2. The van der Waals surface area contributed by atoms with Gasteiger partial charge < -0.3 is 19.9 Å². The Kier molecular flexibility index (Phi) is 7.23. The van der Waals surface area contributed by atoms with Gasteiger partial charge in [0, 0.05) is 24.0 Å². The molecule has 3 aromatic rings. The number of nitrogens with one attached hydrogen (secondary N) is 2. The van der Waals surface area contributed by atoms with Crippen LogP contribution < -0.4 is 10.6 Å². The molecule has 2 atom stereocenters. The van der Waals surface area contributed by atoms with Gasteiger partial charge in [0.2, 0.25) is 0 Å². The molecule has 2 N–H and O–H groups in total. The number of rotatable bonds is 7. The molecule has 0 unspecified atom stereocenters. The van der Waals surface area contributed by atoms with E-state index in [2.05, 4.69) is 20.6 Å². The van der Waals surface area contributed by atoms with Crippen molar-refractivity contribution in [1.82, 2.24) is 25.2 Å². The molecule has 4 rings (SSSR count). The Morgan fingerprint density at radius 1 is 1.24 bits per heavy atom. The van der Waals surface area contributed by atoms with Crippen LogP contribution in [0.4, 0.5) is 4.39 Å². The Balaban J connectivity index is 1.58. The molecule has 0 aliphatic carbocycles. The highest BCUT2D eigenvalue weighted by Gasteiger charge is 2.28. The number of fused-ring (bicyclic) bond motifs is 1. The minimum absolute atomic E-state index is 0.219. The quantitative estimate of drug-likeness (QED) is 0.527. The molecule has 0 saturated heterocycles. The van der Waals surface area contributed by atoms with Gasteiger partial charge in [-0.15, -0.1) is 0 Å². The molecule has 0 saturated carbocycles. The smallest absolute Gasteiger partial charge is 0.268 e. The van der Waals surface area contributed by atoms with Crippen molar-refractivity contribution in [2.75, 3.05) is 6.61 Å². The second kappa shape index (κ2) is 10.3. The van der Waals surface area contributed by atoms with Crippen LogP contribution in [0.3, 0.4) is 0 Å².